The van der Waals surface area contributed by atoms with E-state index in [0.717, 1.165) is 37.6 Å². The molecule has 5 nitrogen and oxygen atoms in total. The third kappa shape index (κ3) is 6.72. The third-order valence-electron chi connectivity index (χ3n) is 6.91. The van der Waals surface area contributed by atoms with Gasteiger partial charge in [0, 0.05) is 4.47 Å². The molecule has 1 fully saturated rings. The van der Waals surface area contributed by atoms with Crippen molar-refractivity contribution in [3.8, 4) is 5.75 Å². The van der Waals surface area contributed by atoms with Gasteiger partial charge < -0.3 is 30.7 Å². The van der Waals surface area contributed by atoms with E-state index in [1.807, 2.05) is 54.8 Å². The molecule has 5 rings (SSSR count). The number of thioether (sulfide) groups is 1. The van der Waals surface area contributed by atoms with Crippen LogP contribution >= 0.6 is 27.7 Å². The molecule has 0 bridgehead atoms. The number of rotatable bonds is 9. The first-order valence-electron chi connectivity index (χ1n) is 12.7. The summed E-state index contributed by atoms with van der Waals surface area (Å²) in [5.41, 5.74) is 1.06. The molecule has 38 heavy (non-hydrogen) atoms. The molecule has 1 saturated heterocycles. The van der Waals surface area contributed by atoms with E-state index in [-0.39, 0.29) is 24.4 Å². The quantitative estimate of drug-likeness (QED) is 0.198. The van der Waals surface area contributed by atoms with Crippen LogP contribution < -0.4 is 4.74 Å². The van der Waals surface area contributed by atoms with Crippen molar-refractivity contribution in [2.75, 3.05) is 19.1 Å². The predicted molar refractivity (Wildman–Crippen MR) is 159 cm³/mol. The van der Waals surface area contributed by atoms with Crippen molar-refractivity contribution in [2.24, 2.45) is 0 Å². The van der Waals surface area contributed by atoms with Crippen LogP contribution in [0.25, 0.3) is 10.8 Å². The summed E-state index contributed by atoms with van der Waals surface area (Å²) in [6, 6.07) is 22.5. The number of ether oxygens (including phenoxy) is 4. The first-order chi connectivity index (χ1) is 18.5. The molecule has 0 aliphatic carbocycles. The normalized spacial score (nSPS) is 26.2. The number of hydrogen-bond acceptors (Lipinski definition) is 6. The lowest BCUT2D eigenvalue weighted by molar-refractivity contribution is -0.238. The van der Waals surface area contributed by atoms with Crippen LogP contribution in [0.15, 0.2) is 83.4 Å². The maximum atomic E-state index is 12.5. The van der Waals surface area contributed by atoms with Crippen molar-refractivity contribution in [2.45, 2.75) is 50.0 Å². The zero-order valence-corrected chi connectivity index (χ0v) is 24.7. The molecule has 0 amide bonds. The summed E-state index contributed by atoms with van der Waals surface area (Å²) in [7, 11) is -1.09. The molecule has 0 spiro atoms. The lowest BCUT2D eigenvalue weighted by Gasteiger charge is -2.48. The SMILES string of the molecule is CS[C-](C[C@H]1O[C@H]2CC=CCO[C@@H]2[C@@H](OCc2ccc(Br)cc2)[C@@H]1Oc1ccc2ccccc2c1)S(C)=O. The molecule has 0 N–H and O–H groups in total. The van der Waals surface area contributed by atoms with Crippen LogP contribution in [0.2, 0.25) is 0 Å². The number of hydrogen-bond donors (Lipinski definition) is 0. The maximum absolute atomic E-state index is 12.5. The summed E-state index contributed by atoms with van der Waals surface area (Å²) >= 11 is 5.03. The zero-order valence-electron chi connectivity index (χ0n) is 21.5. The minimum absolute atomic E-state index is 0.182. The Labute approximate surface area is 239 Å². The molecular weight excluding hydrogens is 584 g/mol. The highest BCUT2D eigenvalue weighted by atomic mass is 79.9. The lowest BCUT2D eigenvalue weighted by atomic mass is 9.91. The average Bonchev–Trinajstić information content (AvgIpc) is 3.17. The van der Waals surface area contributed by atoms with Gasteiger partial charge in [-0.25, -0.2) is 0 Å². The van der Waals surface area contributed by atoms with Crippen molar-refractivity contribution < 1.29 is 23.2 Å². The van der Waals surface area contributed by atoms with E-state index in [0.29, 0.717) is 19.6 Å². The molecular formula is C30H32BrO5S2-. The molecule has 8 heteroatoms. The minimum Gasteiger partial charge on any atom is -0.485 e. The summed E-state index contributed by atoms with van der Waals surface area (Å²) < 4.78 is 40.7. The first kappa shape index (κ1) is 27.9. The Morgan fingerprint density at radius 3 is 2.61 bits per heavy atom. The molecule has 0 radical (unpaired) electrons. The molecule has 3 aromatic carbocycles. The largest absolute Gasteiger partial charge is 0.485 e. The van der Waals surface area contributed by atoms with Gasteiger partial charge in [0.25, 0.3) is 0 Å². The second-order valence-corrected chi connectivity index (χ2v) is 12.9. The highest BCUT2D eigenvalue weighted by Crippen LogP contribution is 2.38. The minimum atomic E-state index is -1.09. The molecule has 2 aliphatic heterocycles. The van der Waals surface area contributed by atoms with E-state index in [2.05, 4.69) is 46.3 Å². The molecule has 0 aromatic heterocycles. The van der Waals surface area contributed by atoms with Gasteiger partial charge >= 0.3 is 0 Å². The zero-order chi connectivity index (χ0) is 26.5. The standard InChI is InChI=1S/C30H32BrO5S2/c1-37-27(38(2)32)18-26-29(35-24-15-12-21-7-3-4-8-22(21)17-24)30(28-25(36-26)9-5-6-16-33-28)34-19-20-10-13-23(31)14-11-20/h3-8,10-15,17,25-26,28-30H,9,16,18-19H2,1-2H3/q-1/t25-,26+,28-,29+,30+,38?/m0/s1. The van der Waals surface area contributed by atoms with E-state index in [9.17, 15) is 4.21 Å². The van der Waals surface area contributed by atoms with E-state index in [1.54, 1.807) is 6.26 Å². The topological polar surface area (TPSA) is 54.0 Å². The Balaban J connectivity index is 1.48. The molecule has 0 saturated carbocycles. The fraction of sp³-hybridized carbons (Fsp3) is 0.367. The Morgan fingerprint density at radius 1 is 1.05 bits per heavy atom. The lowest BCUT2D eigenvalue weighted by Crippen LogP contribution is -2.61. The summed E-state index contributed by atoms with van der Waals surface area (Å²) in [6.07, 6.45) is 7.37. The van der Waals surface area contributed by atoms with Crippen molar-refractivity contribution in [1.82, 2.24) is 0 Å². The highest BCUT2D eigenvalue weighted by molar-refractivity contribution is 9.10. The Hall–Kier alpha value is -1.68. The highest BCUT2D eigenvalue weighted by Gasteiger charge is 2.48. The van der Waals surface area contributed by atoms with Gasteiger partial charge in [-0.15, -0.1) is 17.2 Å². The van der Waals surface area contributed by atoms with Gasteiger partial charge in [-0.2, -0.15) is 4.58 Å². The third-order valence-corrected chi connectivity index (χ3v) is 10.1. The summed E-state index contributed by atoms with van der Waals surface area (Å²) in [6.45, 7) is 0.915. The molecule has 6 atom stereocenters. The van der Waals surface area contributed by atoms with Crippen molar-refractivity contribution in [1.29, 1.82) is 0 Å². The molecule has 2 aliphatic rings. The van der Waals surface area contributed by atoms with E-state index >= 15 is 0 Å². The first-order valence-corrected chi connectivity index (χ1v) is 16.3. The van der Waals surface area contributed by atoms with Crippen LogP contribution in [0.3, 0.4) is 0 Å². The van der Waals surface area contributed by atoms with Gasteiger partial charge in [-0.1, -0.05) is 70.5 Å². The molecule has 3 aromatic rings. The second-order valence-electron chi connectivity index (χ2n) is 9.45. The Kier molecular flexibility index (Phi) is 9.62. The summed E-state index contributed by atoms with van der Waals surface area (Å²) in [5.74, 6) is 0.744. The molecule has 2 heterocycles. The van der Waals surface area contributed by atoms with Gasteiger partial charge in [0.15, 0.2) is 6.10 Å². The number of fused-ring (bicyclic) bond motifs is 2. The van der Waals surface area contributed by atoms with E-state index in [4.69, 9.17) is 18.9 Å². The van der Waals surface area contributed by atoms with Gasteiger partial charge in [0.05, 0.1) is 25.4 Å². The second kappa shape index (κ2) is 13.1. The summed E-state index contributed by atoms with van der Waals surface area (Å²) in [4.78, 5) is 0. The molecule has 1 unspecified atom stereocenters. The van der Waals surface area contributed by atoms with Gasteiger partial charge in [0.2, 0.25) is 0 Å². The van der Waals surface area contributed by atoms with Crippen LogP contribution in [0, 0.1) is 4.58 Å². The van der Waals surface area contributed by atoms with Crippen LogP contribution in [-0.4, -0.2) is 53.8 Å². The van der Waals surface area contributed by atoms with E-state index < -0.39 is 16.9 Å². The predicted octanol–water partition coefficient (Wildman–Crippen LogP) is 6.67. The van der Waals surface area contributed by atoms with E-state index in [1.165, 1.54) is 11.8 Å². The fourth-order valence-electron chi connectivity index (χ4n) is 5.00. The maximum Gasteiger partial charge on any atom is 0.151 e. The van der Waals surface area contributed by atoms with Crippen LogP contribution in [0.4, 0.5) is 0 Å². The summed E-state index contributed by atoms with van der Waals surface area (Å²) in [5, 5.41) is 2.25. The van der Waals surface area contributed by atoms with Gasteiger partial charge in [0.1, 0.15) is 18.0 Å². The number of benzene rings is 3. The van der Waals surface area contributed by atoms with Crippen molar-refractivity contribution in [3.63, 3.8) is 0 Å². The van der Waals surface area contributed by atoms with Gasteiger partial charge in [-0.05, 0) is 59.5 Å². The fourth-order valence-corrected chi connectivity index (χ4v) is 6.93. The van der Waals surface area contributed by atoms with Crippen LogP contribution in [-0.2, 0) is 31.6 Å². The van der Waals surface area contributed by atoms with Crippen LogP contribution in [0.1, 0.15) is 18.4 Å². The Bertz CT molecular complexity index is 1270. The van der Waals surface area contributed by atoms with Crippen molar-refractivity contribution >= 4 is 49.3 Å². The average molecular weight is 617 g/mol. The van der Waals surface area contributed by atoms with Crippen molar-refractivity contribution in [3.05, 3.63) is 93.5 Å². The Morgan fingerprint density at radius 2 is 1.84 bits per heavy atom. The molecule has 202 valence electrons. The van der Waals surface area contributed by atoms with Crippen LogP contribution in [0.5, 0.6) is 5.75 Å². The number of halogens is 1. The smallest absolute Gasteiger partial charge is 0.151 e. The monoisotopic (exact) mass is 615 g/mol. The van der Waals surface area contributed by atoms with Gasteiger partial charge in [-0.3, -0.25) is 4.21 Å².